The van der Waals surface area contributed by atoms with E-state index >= 15 is 0 Å². The zero-order valence-corrected chi connectivity index (χ0v) is 11.4. The average Bonchev–Trinajstić information content (AvgIpc) is 2.40. The van der Waals surface area contributed by atoms with Crippen LogP contribution in [0.2, 0.25) is 0 Å². The molecule has 0 aromatic carbocycles. The maximum atomic E-state index is 8.00. The molecule has 0 saturated carbocycles. The van der Waals surface area contributed by atoms with Gasteiger partial charge in [0.1, 0.15) is 13.6 Å². The van der Waals surface area contributed by atoms with Gasteiger partial charge in [-0.3, -0.25) is 0 Å². The van der Waals surface area contributed by atoms with Crippen molar-refractivity contribution in [1.82, 2.24) is 0 Å². The van der Waals surface area contributed by atoms with Crippen molar-refractivity contribution in [3.8, 4) is 0 Å². The first kappa shape index (κ1) is 16.8. The van der Waals surface area contributed by atoms with E-state index in [1.807, 2.05) is 13.6 Å². The molecule has 0 aromatic rings. The van der Waals surface area contributed by atoms with E-state index in [-0.39, 0.29) is 5.41 Å². The summed E-state index contributed by atoms with van der Waals surface area (Å²) in [6.45, 7) is 15.2. The van der Waals surface area contributed by atoms with Crippen molar-refractivity contribution in [3.05, 3.63) is 21.2 Å². The monoisotopic (exact) mass is 247 g/mol. The van der Waals surface area contributed by atoms with Crippen LogP contribution < -0.4 is 0 Å². The van der Waals surface area contributed by atoms with Gasteiger partial charge in [-0.2, -0.15) is 0 Å². The van der Waals surface area contributed by atoms with Crippen molar-refractivity contribution in [2.75, 3.05) is 0 Å². The van der Waals surface area contributed by atoms with E-state index in [1.165, 1.54) is 21.2 Å². The van der Waals surface area contributed by atoms with Crippen LogP contribution in [-0.4, -0.2) is 13.6 Å². The minimum atomic E-state index is 0.258. The summed E-state index contributed by atoms with van der Waals surface area (Å²) in [4.78, 5) is 16.0. The fraction of sp³-hybridized carbons (Fsp3) is 0.500. The van der Waals surface area contributed by atoms with Crippen molar-refractivity contribution >= 4 is 13.6 Å². The summed E-state index contributed by atoms with van der Waals surface area (Å²) < 4.78 is 1.41. The normalized spacial score (nSPS) is 17.7. The van der Waals surface area contributed by atoms with Crippen LogP contribution in [0.1, 0.15) is 34.6 Å². The molecule has 85 valence electrons. The maximum absolute atomic E-state index is 8.00. The third-order valence-electron chi connectivity index (χ3n) is 2.97. The standard InChI is InChI=1S/C10H15.2CH2O.Cr/c1-7-6-10(4,5)9(3)8(7)2;2*1-2;/h1-5H3;2*1H2;. The Labute approximate surface area is 101 Å². The van der Waals surface area contributed by atoms with Crippen molar-refractivity contribution in [2.24, 2.45) is 5.41 Å². The second-order valence-corrected chi connectivity index (χ2v) is 4.47. The molecule has 0 N–H and O–H groups in total. The van der Waals surface area contributed by atoms with Crippen molar-refractivity contribution in [1.29, 1.82) is 0 Å². The molecule has 2 nitrogen and oxygen atoms in total. The molecule has 0 unspecified atom stereocenters. The second kappa shape index (κ2) is 6.77. The van der Waals surface area contributed by atoms with E-state index in [9.17, 15) is 0 Å². The fourth-order valence-electron chi connectivity index (χ4n) is 1.56. The van der Waals surface area contributed by atoms with E-state index in [4.69, 9.17) is 9.59 Å². The van der Waals surface area contributed by atoms with Gasteiger partial charge in [0.15, 0.2) is 0 Å². The van der Waals surface area contributed by atoms with Crippen LogP contribution in [0, 0.1) is 5.41 Å². The number of carbonyl (C=O) groups excluding carboxylic acids is 2. The molecule has 1 aliphatic carbocycles. The Kier molecular flexibility index (Phi) is 7.56. The third kappa shape index (κ3) is 3.16. The minimum absolute atomic E-state index is 0.258. The summed E-state index contributed by atoms with van der Waals surface area (Å²) in [5, 5.41) is 0. The summed E-state index contributed by atoms with van der Waals surface area (Å²) in [6.07, 6.45) is 0. The average molecular weight is 247 g/mol. The molecule has 0 amide bonds. The van der Waals surface area contributed by atoms with Gasteiger partial charge in [0.2, 0.25) is 0 Å². The van der Waals surface area contributed by atoms with Crippen LogP contribution in [-0.2, 0) is 25.9 Å². The Morgan fingerprint density at radius 2 is 1.27 bits per heavy atom. The molecule has 3 heteroatoms. The quantitative estimate of drug-likeness (QED) is 0.659. The molecule has 0 heterocycles. The van der Waals surface area contributed by atoms with Gasteiger partial charge in [0, 0.05) is 0 Å². The summed E-state index contributed by atoms with van der Waals surface area (Å²) in [5.41, 5.74) is 4.66. The van der Waals surface area contributed by atoms with Crippen LogP contribution in [0.5, 0.6) is 0 Å². The molecule has 0 atom stereocenters. The van der Waals surface area contributed by atoms with Gasteiger partial charge >= 0.3 is 77.5 Å². The van der Waals surface area contributed by atoms with E-state index in [0.29, 0.717) is 0 Å². The predicted molar refractivity (Wildman–Crippen MR) is 59.1 cm³/mol. The topological polar surface area (TPSA) is 34.1 Å². The molecule has 1 aliphatic rings. The van der Waals surface area contributed by atoms with Crippen molar-refractivity contribution in [2.45, 2.75) is 34.6 Å². The Balaban J connectivity index is 0. The van der Waals surface area contributed by atoms with E-state index in [1.54, 1.807) is 0 Å². The molecule has 15 heavy (non-hydrogen) atoms. The van der Waals surface area contributed by atoms with Gasteiger partial charge in [-0.15, -0.1) is 0 Å². The zero-order valence-electron chi connectivity index (χ0n) is 10.1. The number of hydrogen-bond acceptors (Lipinski definition) is 2. The molecule has 0 bridgehead atoms. The van der Waals surface area contributed by atoms with Crippen molar-refractivity contribution < 1.29 is 25.9 Å². The second-order valence-electron chi connectivity index (χ2n) is 3.83. The Morgan fingerprint density at radius 3 is 1.33 bits per heavy atom. The van der Waals surface area contributed by atoms with Gasteiger partial charge < -0.3 is 9.59 Å². The summed E-state index contributed by atoms with van der Waals surface area (Å²) >= 11 is 3.18. The summed E-state index contributed by atoms with van der Waals surface area (Å²) in [5.74, 6) is 0. The molecular weight excluding hydrogens is 228 g/mol. The van der Waals surface area contributed by atoms with Crippen LogP contribution in [0.15, 0.2) is 21.2 Å². The van der Waals surface area contributed by atoms with E-state index < -0.39 is 0 Å². The molecule has 0 fully saturated rings. The Hall–Kier alpha value is -0.648. The van der Waals surface area contributed by atoms with Gasteiger partial charge in [0.25, 0.3) is 0 Å². The SMILES string of the molecule is C=O.C=O.CC1=C(C)C(C)(C)[C]([Cr])=C1C. The van der Waals surface area contributed by atoms with Gasteiger partial charge in [0.05, 0.1) is 0 Å². The summed E-state index contributed by atoms with van der Waals surface area (Å²) in [6, 6.07) is 0. The van der Waals surface area contributed by atoms with E-state index in [2.05, 4.69) is 50.9 Å². The first-order valence-electron chi connectivity index (χ1n) is 4.53. The summed E-state index contributed by atoms with van der Waals surface area (Å²) in [7, 11) is 0. The van der Waals surface area contributed by atoms with Gasteiger partial charge in [-0.1, -0.05) is 0 Å². The molecule has 0 aromatic heterocycles. The molecule has 0 aliphatic heterocycles. The number of hydrogen-bond donors (Lipinski definition) is 0. The molecule has 1 rings (SSSR count). The predicted octanol–water partition coefficient (Wildman–Crippen LogP) is 2.81. The number of rotatable bonds is 0. The number of allylic oxidation sites excluding steroid dienone is 4. The third-order valence-corrected chi connectivity index (χ3v) is 4.25. The van der Waals surface area contributed by atoms with Crippen molar-refractivity contribution in [3.63, 3.8) is 0 Å². The van der Waals surface area contributed by atoms with Crippen LogP contribution >= 0.6 is 0 Å². The van der Waals surface area contributed by atoms with Gasteiger partial charge in [-0.05, 0) is 0 Å². The van der Waals surface area contributed by atoms with Gasteiger partial charge in [-0.25, -0.2) is 0 Å². The molecule has 0 saturated heterocycles. The first-order valence-corrected chi connectivity index (χ1v) is 5.17. The van der Waals surface area contributed by atoms with Crippen LogP contribution in [0.25, 0.3) is 0 Å². The molecular formula is C12H19CrO2. The van der Waals surface area contributed by atoms with Crippen LogP contribution in [0.4, 0.5) is 0 Å². The molecule has 0 spiro atoms. The molecule has 0 radical (unpaired) electrons. The van der Waals surface area contributed by atoms with Crippen LogP contribution in [0.3, 0.4) is 0 Å². The van der Waals surface area contributed by atoms with E-state index in [0.717, 1.165) is 0 Å². The fourth-order valence-corrected chi connectivity index (χ4v) is 2.04. The zero-order chi connectivity index (χ0) is 12.8. The Bertz CT molecular complexity index is 260. The Morgan fingerprint density at radius 1 is 0.933 bits per heavy atom. The number of carbonyl (C=O) groups is 2. The first-order chi connectivity index (χ1) is 6.89.